The molecular formula is C23H28FNO5. The van der Waals surface area contributed by atoms with Crippen LogP contribution < -0.4 is 5.32 Å². The molecule has 0 heterocycles. The molecule has 6 nitrogen and oxygen atoms in total. The molecule has 2 rings (SSSR count). The minimum Gasteiger partial charge on any atom is -0.481 e. The van der Waals surface area contributed by atoms with Crippen LogP contribution in [-0.4, -0.2) is 40.5 Å². The fourth-order valence-electron chi connectivity index (χ4n) is 3.05. The first-order chi connectivity index (χ1) is 14.1. The van der Waals surface area contributed by atoms with Crippen molar-refractivity contribution in [1.82, 2.24) is 5.32 Å². The number of alkyl carbamates (subject to hydrolysis) is 1. The number of hydrogen-bond acceptors (Lipinski definition) is 4. The molecule has 2 aromatic rings. The Morgan fingerprint density at radius 1 is 1.10 bits per heavy atom. The third-order valence-electron chi connectivity index (χ3n) is 4.45. The number of nitrogens with one attached hydrogen (secondary N) is 1. The molecule has 30 heavy (non-hydrogen) atoms. The fourth-order valence-corrected chi connectivity index (χ4v) is 3.05. The number of carboxylic acids is 1. The van der Waals surface area contributed by atoms with Crippen molar-refractivity contribution in [3.05, 3.63) is 59.9 Å². The van der Waals surface area contributed by atoms with Crippen LogP contribution in [0.5, 0.6) is 0 Å². The predicted octanol–water partition coefficient (Wildman–Crippen LogP) is 4.01. The van der Waals surface area contributed by atoms with Crippen molar-refractivity contribution in [1.29, 1.82) is 0 Å². The van der Waals surface area contributed by atoms with Crippen molar-refractivity contribution in [2.45, 2.75) is 45.3 Å². The number of rotatable bonds is 8. The highest BCUT2D eigenvalue weighted by Gasteiger charge is 2.25. The van der Waals surface area contributed by atoms with E-state index in [0.717, 1.165) is 16.7 Å². The van der Waals surface area contributed by atoms with Crippen LogP contribution in [0.15, 0.2) is 48.5 Å². The average Bonchev–Trinajstić information content (AvgIpc) is 2.64. The first-order valence-electron chi connectivity index (χ1n) is 9.75. The number of benzene rings is 2. The normalized spacial score (nSPS) is 13.4. The largest absolute Gasteiger partial charge is 0.481 e. The van der Waals surface area contributed by atoms with Gasteiger partial charge in [-0.3, -0.25) is 4.79 Å². The van der Waals surface area contributed by atoms with Gasteiger partial charge >= 0.3 is 12.1 Å². The SMILES string of the molecule is CC(C)(C)OC(=O)N[C@H](Cc1ccc(-c2cccc(F)c2)cc1)C[C@H](CO)C(=O)O. The molecule has 7 heteroatoms. The molecular weight excluding hydrogens is 389 g/mol. The van der Waals surface area contributed by atoms with E-state index in [1.165, 1.54) is 12.1 Å². The molecule has 0 radical (unpaired) electrons. The van der Waals surface area contributed by atoms with Gasteiger partial charge in [0.2, 0.25) is 0 Å². The standard InChI is InChI=1S/C23H28FNO5/c1-23(2,3)30-22(29)25-20(13-18(14-26)21(27)28)11-15-7-9-16(10-8-15)17-5-4-6-19(24)12-17/h4-10,12,18,20,26H,11,13-14H2,1-3H3,(H,25,29)(H,27,28)/t18-,20-/m1/s1. The lowest BCUT2D eigenvalue weighted by Gasteiger charge is -2.25. The topological polar surface area (TPSA) is 95.9 Å². The molecule has 2 aromatic carbocycles. The summed E-state index contributed by atoms with van der Waals surface area (Å²) in [6.45, 7) is 4.68. The summed E-state index contributed by atoms with van der Waals surface area (Å²) >= 11 is 0. The summed E-state index contributed by atoms with van der Waals surface area (Å²) in [5.41, 5.74) is 1.76. The van der Waals surface area contributed by atoms with Crippen molar-refractivity contribution < 1.29 is 28.9 Å². The van der Waals surface area contributed by atoms with E-state index in [4.69, 9.17) is 4.74 Å². The summed E-state index contributed by atoms with van der Waals surface area (Å²) in [7, 11) is 0. The van der Waals surface area contributed by atoms with E-state index < -0.39 is 36.2 Å². The van der Waals surface area contributed by atoms with Crippen LogP contribution >= 0.6 is 0 Å². The molecule has 0 saturated heterocycles. The first kappa shape index (κ1) is 23.3. The molecule has 2 atom stereocenters. The maximum absolute atomic E-state index is 13.4. The summed E-state index contributed by atoms with van der Waals surface area (Å²) in [5.74, 6) is -2.45. The second kappa shape index (κ2) is 10.2. The summed E-state index contributed by atoms with van der Waals surface area (Å²) in [4.78, 5) is 23.5. The number of hydrogen-bond donors (Lipinski definition) is 3. The van der Waals surface area contributed by atoms with E-state index in [-0.39, 0.29) is 12.2 Å². The first-order valence-corrected chi connectivity index (χ1v) is 9.75. The van der Waals surface area contributed by atoms with Gasteiger partial charge in [-0.05, 0) is 62.4 Å². The highest BCUT2D eigenvalue weighted by atomic mass is 19.1. The number of ether oxygens (including phenoxy) is 1. The summed E-state index contributed by atoms with van der Waals surface area (Å²) in [6.07, 6.45) is -0.241. The van der Waals surface area contributed by atoms with E-state index >= 15 is 0 Å². The minimum absolute atomic E-state index is 0.0523. The van der Waals surface area contributed by atoms with E-state index in [1.54, 1.807) is 26.8 Å². The zero-order valence-electron chi connectivity index (χ0n) is 17.4. The number of carboxylic acid groups (broad SMARTS) is 1. The Labute approximate surface area is 175 Å². The Morgan fingerprint density at radius 3 is 2.30 bits per heavy atom. The lowest BCUT2D eigenvalue weighted by molar-refractivity contribution is -0.143. The van der Waals surface area contributed by atoms with Crippen LogP contribution in [0, 0.1) is 11.7 Å². The number of aliphatic hydroxyl groups excluding tert-OH is 1. The van der Waals surface area contributed by atoms with Crippen molar-refractivity contribution in [3.63, 3.8) is 0 Å². The lowest BCUT2D eigenvalue weighted by atomic mass is 9.94. The Bertz CT molecular complexity index is 861. The molecule has 0 aliphatic carbocycles. The second-order valence-corrected chi connectivity index (χ2v) is 8.21. The molecule has 0 aromatic heterocycles. The minimum atomic E-state index is -1.13. The molecule has 0 bridgehead atoms. The number of halogens is 1. The molecule has 0 aliphatic rings. The van der Waals surface area contributed by atoms with Gasteiger partial charge in [-0.15, -0.1) is 0 Å². The molecule has 0 saturated carbocycles. The number of aliphatic hydroxyl groups is 1. The molecule has 0 aliphatic heterocycles. The van der Waals surface area contributed by atoms with Gasteiger partial charge in [-0.2, -0.15) is 0 Å². The third-order valence-corrected chi connectivity index (χ3v) is 4.45. The predicted molar refractivity (Wildman–Crippen MR) is 112 cm³/mol. The van der Waals surface area contributed by atoms with Crippen LogP contribution in [-0.2, 0) is 16.0 Å². The molecule has 162 valence electrons. The molecule has 3 N–H and O–H groups in total. The second-order valence-electron chi connectivity index (χ2n) is 8.21. The Hall–Kier alpha value is -2.93. The van der Waals surface area contributed by atoms with Crippen molar-refractivity contribution >= 4 is 12.1 Å². The van der Waals surface area contributed by atoms with Gasteiger partial charge in [0.1, 0.15) is 11.4 Å². The van der Waals surface area contributed by atoms with E-state index in [1.807, 2.05) is 30.3 Å². The Kier molecular flexibility index (Phi) is 7.94. The van der Waals surface area contributed by atoms with Crippen molar-refractivity contribution in [2.75, 3.05) is 6.61 Å². The van der Waals surface area contributed by atoms with Gasteiger partial charge in [-0.1, -0.05) is 36.4 Å². The Morgan fingerprint density at radius 2 is 1.77 bits per heavy atom. The average molecular weight is 417 g/mol. The van der Waals surface area contributed by atoms with Crippen molar-refractivity contribution in [3.8, 4) is 11.1 Å². The summed E-state index contributed by atoms with van der Waals surface area (Å²) in [5, 5.41) is 21.3. The van der Waals surface area contributed by atoms with Gasteiger partial charge in [0.05, 0.1) is 12.5 Å². The number of aliphatic carboxylic acids is 1. The van der Waals surface area contributed by atoms with Gasteiger partial charge in [0.25, 0.3) is 0 Å². The smallest absolute Gasteiger partial charge is 0.407 e. The van der Waals surface area contributed by atoms with Crippen LogP contribution in [0.25, 0.3) is 11.1 Å². The highest BCUT2D eigenvalue weighted by molar-refractivity contribution is 5.71. The lowest BCUT2D eigenvalue weighted by Crippen LogP contribution is -2.42. The van der Waals surface area contributed by atoms with Crippen LogP contribution in [0.4, 0.5) is 9.18 Å². The molecule has 1 amide bonds. The quantitative estimate of drug-likeness (QED) is 0.603. The monoisotopic (exact) mass is 417 g/mol. The number of carbonyl (C=O) groups excluding carboxylic acids is 1. The summed E-state index contributed by atoms with van der Waals surface area (Å²) in [6, 6.07) is 13.1. The number of carbonyl (C=O) groups is 2. The number of amides is 1. The highest BCUT2D eigenvalue weighted by Crippen LogP contribution is 2.22. The van der Waals surface area contributed by atoms with Crippen molar-refractivity contribution in [2.24, 2.45) is 5.92 Å². The maximum atomic E-state index is 13.4. The van der Waals surface area contributed by atoms with Gasteiger partial charge < -0.3 is 20.3 Å². The zero-order chi connectivity index (χ0) is 22.3. The van der Waals surface area contributed by atoms with Crippen LogP contribution in [0.2, 0.25) is 0 Å². The summed E-state index contributed by atoms with van der Waals surface area (Å²) < 4.78 is 18.7. The van der Waals surface area contributed by atoms with Crippen LogP contribution in [0.3, 0.4) is 0 Å². The van der Waals surface area contributed by atoms with E-state index in [0.29, 0.717) is 6.42 Å². The molecule has 0 unspecified atom stereocenters. The Balaban J connectivity index is 2.15. The van der Waals surface area contributed by atoms with Gasteiger partial charge in [-0.25, -0.2) is 9.18 Å². The third kappa shape index (κ3) is 7.48. The van der Waals surface area contributed by atoms with E-state index in [2.05, 4.69) is 5.32 Å². The van der Waals surface area contributed by atoms with Gasteiger partial charge in [0.15, 0.2) is 0 Å². The van der Waals surface area contributed by atoms with E-state index in [9.17, 15) is 24.2 Å². The van der Waals surface area contributed by atoms with Gasteiger partial charge in [0, 0.05) is 6.04 Å². The van der Waals surface area contributed by atoms with Crippen LogP contribution in [0.1, 0.15) is 32.8 Å². The fraction of sp³-hybridized carbons (Fsp3) is 0.391. The zero-order valence-corrected chi connectivity index (χ0v) is 17.4. The molecule has 0 fully saturated rings. The molecule has 0 spiro atoms. The maximum Gasteiger partial charge on any atom is 0.407 e.